The third-order valence-electron chi connectivity index (χ3n) is 7.85. The Balaban J connectivity index is 1.45. The van der Waals surface area contributed by atoms with E-state index in [-0.39, 0.29) is 23.5 Å². The molecule has 194 valence electrons. The summed E-state index contributed by atoms with van der Waals surface area (Å²) in [7, 11) is -4.40. The highest BCUT2D eigenvalue weighted by atomic mass is 32.2. The molecule has 2 saturated heterocycles. The summed E-state index contributed by atoms with van der Waals surface area (Å²) >= 11 is 0. The summed E-state index contributed by atoms with van der Waals surface area (Å²) in [5.41, 5.74) is 0.489. The minimum absolute atomic E-state index is 0.254. The highest BCUT2D eigenvalue weighted by Crippen LogP contribution is 2.37. The maximum atomic E-state index is 13.2. The van der Waals surface area contributed by atoms with E-state index in [1.54, 1.807) is 0 Å². The second-order valence-electron chi connectivity index (χ2n) is 10.9. The van der Waals surface area contributed by atoms with Crippen LogP contribution in [0, 0.1) is 10.1 Å². The van der Waals surface area contributed by atoms with Crippen LogP contribution in [-0.4, -0.2) is 67.0 Å². The number of nitro groups is 1. The molecule has 0 N–H and O–H groups in total. The first-order valence-corrected chi connectivity index (χ1v) is 13.6. The molecule has 4 rings (SSSR count). The van der Waals surface area contributed by atoms with Crippen molar-refractivity contribution in [3.63, 3.8) is 0 Å². The molecule has 2 aromatic carbocycles. The van der Waals surface area contributed by atoms with Gasteiger partial charge in [-0.3, -0.25) is 15.0 Å². The molecule has 2 aliphatic rings. The van der Waals surface area contributed by atoms with E-state index >= 15 is 0 Å². The number of rotatable bonds is 6. The van der Waals surface area contributed by atoms with E-state index in [4.69, 9.17) is 9.31 Å². The molecule has 0 radical (unpaired) electrons. The van der Waals surface area contributed by atoms with Crippen molar-refractivity contribution >= 4 is 28.3 Å². The fourth-order valence-electron chi connectivity index (χ4n) is 4.66. The maximum absolute atomic E-state index is 13.2. The average molecular weight is 515 g/mol. The van der Waals surface area contributed by atoms with Gasteiger partial charge in [-0.2, -0.15) is 4.31 Å². The average Bonchev–Trinajstić information content (AvgIpc) is 3.06. The van der Waals surface area contributed by atoms with Crippen molar-refractivity contribution < 1.29 is 22.6 Å². The van der Waals surface area contributed by atoms with Gasteiger partial charge in [-0.1, -0.05) is 36.4 Å². The summed E-state index contributed by atoms with van der Waals surface area (Å²) in [6.45, 7) is 13.9. The minimum Gasteiger partial charge on any atom is -0.399 e. The number of benzene rings is 2. The van der Waals surface area contributed by atoms with Gasteiger partial charge in [0.25, 0.3) is 5.69 Å². The largest absolute Gasteiger partial charge is 0.494 e. The van der Waals surface area contributed by atoms with Crippen molar-refractivity contribution in [3.8, 4) is 0 Å². The highest BCUT2D eigenvalue weighted by Gasteiger charge is 2.51. The lowest BCUT2D eigenvalue weighted by atomic mass is 9.77. The van der Waals surface area contributed by atoms with Crippen LogP contribution in [-0.2, 0) is 24.9 Å². The molecule has 2 fully saturated rings. The third-order valence-corrected chi connectivity index (χ3v) is 9.80. The fraction of sp³-hybridized carbons (Fsp3) is 0.520. The first kappa shape index (κ1) is 26.7. The number of hydrogen-bond acceptors (Lipinski definition) is 7. The Hall–Kier alpha value is -2.31. The summed E-state index contributed by atoms with van der Waals surface area (Å²) < 4.78 is 40.0. The maximum Gasteiger partial charge on any atom is 0.494 e. The Morgan fingerprint density at radius 3 is 1.97 bits per heavy atom. The van der Waals surface area contributed by atoms with Crippen molar-refractivity contribution in [1.29, 1.82) is 0 Å². The van der Waals surface area contributed by atoms with Gasteiger partial charge >= 0.3 is 7.12 Å². The number of para-hydroxylation sites is 1. The van der Waals surface area contributed by atoms with Crippen LogP contribution < -0.4 is 5.46 Å². The highest BCUT2D eigenvalue weighted by molar-refractivity contribution is 7.89. The number of nitrogens with zero attached hydrogens (tertiary/aromatic N) is 3. The van der Waals surface area contributed by atoms with Crippen LogP contribution in [0.25, 0.3) is 0 Å². The van der Waals surface area contributed by atoms with Gasteiger partial charge in [0.1, 0.15) is 0 Å². The Bertz CT molecular complexity index is 1220. The molecule has 9 nitrogen and oxygen atoms in total. The van der Waals surface area contributed by atoms with E-state index in [2.05, 4.69) is 30.9 Å². The van der Waals surface area contributed by atoms with Crippen molar-refractivity contribution in [2.45, 2.75) is 63.2 Å². The van der Waals surface area contributed by atoms with Crippen LogP contribution in [0.3, 0.4) is 0 Å². The van der Waals surface area contributed by atoms with Crippen molar-refractivity contribution in [2.24, 2.45) is 0 Å². The van der Waals surface area contributed by atoms with Crippen LogP contribution in [0.1, 0.15) is 47.1 Å². The molecule has 0 bridgehead atoms. The summed E-state index contributed by atoms with van der Waals surface area (Å²) in [5.74, 6) is 0. The molecular weight excluding hydrogens is 481 g/mol. The monoisotopic (exact) mass is 515 g/mol. The second-order valence-corrected chi connectivity index (χ2v) is 12.8. The summed E-state index contributed by atoms with van der Waals surface area (Å²) in [6, 6.07) is 13.7. The molecule has 0 unspecified atom stereocenters. The zero-order valence-electron chi connectivity index (χ0n) is 21.7. The molecule has 0 amide bonds. The Kier molecular flexibility index (Phi) is 6.85. The van der Waals surface area contributed by atoms with Crippen LogP contribution >= 0.6 is 0 Å². The van der Waals surface area contributed by atoms with Crippen molar-refractivity contribution in [3.05, 3.63) is 64.2 Å². The van der Waals surface area contributed by atoms with Gasteiger partial charge in [-0.15, -0.1) is 0 Å². The predicted molar refractivity (Wildman–Crippen MR) is 139 cm³/mol. The molecule has 0 aromatic heterocycles. The number of hydrogen-bond donors (Lipinski definition) is 0. The van der Waals surface area contributed by atoms with Gasteiger partial charge < -0.3 is 9.31 Å². The first-order chi connectivity index (χ1) is 16.7. The molecule has 0 saturated carbocycles. The van der Waals surface area contributed by atoms with Crippen LogP contribution in [0.4, 0.5) is 5.69 Å². The lowest BCUT2D eigenvalue weighted by Crippen LogP contribution is -2.54. The van der Waals surface area contributed by atoms with E-state index < -0.39 is 39.0 Å². The van der Waals surface area contributed by atoms with Crippen LogP contribution in [0.2, 0.25) is 0 Å². The topological polar surface area (TPSA) is 102 Å². The molecule has 2 heterocycles. The summed E-state index contributed by atoms with van der Waals surface area (Å²) in [6.07, 6.45) is 0. The molecule has 0 atom stereocenters. The molecule has 36 heavy (non-hydrogen) atoms. The molecule has 2 aliphatic heterocycles. The smallest absolute Gasteiger partial charge is 0.399 e. The molecule has 11 heteroatoms. The van der Waals surface area contributed by atoms with Gasteiger partial charge in [0.15, 0.2) is 4.90 Å². The standard InChI is InChI=1S/C25H34BN3O6S/c1-23(2,19-11-13-20(14-12-19)26-34-24(3,4)25(5,6)35-26)27-15-17-28(18-16-27)36(32,33)22-10-8-7-9-21(22)29(30)31/h7-14H,15-18H2,1-6H3. The van der Waals surface area contributed by atoms with Crippen molar-refractivity contribution in [1.82, 2.24) is 9.21 Å². The Labute approximate surface area is 213 Å². The number of piperazine rings is 1. The van der Waals surface area contributed by atoms with E-state index in [0.29, 0.717) is 13.1 Å². The number of sulfonamides is 1. The molecule has 0 spiro atoms. The first-order valence-electron chi connectivity index (χ1n) is 12.1. The fourth-order valence-corrected chi connectivity index (χ4v) is 6.24. The van der Waals surface area contributed by atoms with E-state index in [1.807, 2.05) is 39.8 Å². The summed E-state index contributed by atoms with van der Waals surface area (Å²) in [5, 5.41) is 11.4. The zero-order chi connectivity index (χ0) is 26.5. The van der Waals surface area contributed by atoms with Crippen molar-refractivity contribution in [2.75, 3.05) is 26.2 Å². The van der Waals surface area contributed by atoms with Crippen LogP contribution in [0.15, 0.2) is 53.4 Å². The quantitative estimate of drug-likeness (QED) is 0.331. The third kappa shape index (κ3) is 4.70. The van der Waals surface area contributed by atoms with Crippen LogP contribution in [0.5, 0.6) is 0 Å². The van der Waals surface area contributed by atoms with Gasteiger partial charge in [0, 0.05) is 37.8 Å². The van der Waals surface area contributed by atoms with Gasteiger partial charge in [-0.25, -0.2) is 8.42 Å². The number of nitro benzene ring substituents is 1. The van der Waals surface area contributed by atoms with Gasteiger partial charge in [-0.05, 0) is 58.6 Å². The molecular formula is C25H34BN3O6S. The van der Waals surface area contributed by atoms with E-state index in [0.717, 1.165) is 11.0 Å². The van der Waals surface area contributed by atoms with E-state index in [9.17, 15) is 18.5 Å². The lowest BCUT2D eigenvalue weighted by molar-refractivity contribution is -0.387. The zero-order valence-corrected chi connectivity index (χ0v) is 22.5. The predicted octanol–water partition coefficient (Wildman–Crippen LogP) is 3.14. The van der Waals surface area contributed by atoms with Gasteiger partial charge in [0.2, 0.25) is 10.0 Å². The molecule has 0 aliphatic carbocycles. The SMILES string of the molecule is CC(C)(c1ccc(B2OC(C)(C)C(C)(C)O2)cc1)N1CCN(S(=O)(=O)c2ccccc2[N+](=O)[O-])CC1. The Morgan fingerprint density at radius 2 is 1.44 bits per heavy atom. The van der Waals surface area contributed by atoms with E-state index in [1.165, 1.54) is 28.6 Å². The molecule has 2 aromatic rings. The second kappa shape index (κ2) is 9.22. The Morgan fingerprint density at radius 1 is 0.917 bits per heavy atom. The minimum atomic E-state index is -3.97. The normalized spacial score (nSPS) is 21.0. The lowest BCUT2D eigenvalue weighted by Gasteiger charge is -2.44. The summed E-state index contributed by atoms with van der Waals surface area (Å²) in [4.78, 5) is 12.7. The van der Waals surface area contributed by atoms with Gasteiger partial charge in [0.05, 0.1) is 16.1 Å².